The summed E-state index contributed by atoms with van der Waals surface area (Å²) in [7, 11) is 0. The highest BCUT2D eigenvalue weighted by molar-refractivity contribution is 7.99. The lowest BCUT2D eigenvalue weighted by Crippen LogP contribution is -2.40. The van der Waals surface area contributed by atoms with Crippen LogP contribution in [-0.2, 0) is 9.59 Å². The highest BCUT2D eigenvalue weighted by Crippen LogP contribution is 2.19. The number of carbonyl (C=O) groups excluding carboxylic acids is 1. The molecule has 0 radical (unpaired) electrons. The van der Waals surface area contributed by atoms with Crippen LogP contribution in [0.3, 0.4) is 0 Å². The first-order valence-electron chi connectivity index (χ1n) is 6.90. The van der Waals surface area contributed by atoms with Crippen LogP contribution in [0.5, 0.6) is 0 Å². The molecule has 0 aliphatic rings. The Balaban J connectivity index is 2.62. The third-order valence-corrected chi connectivity index (χ3v) is 4.03. The fourth-order valence-corrected chi connectivity index (χ4v) is 2.93. The minimum Gasteiger partial charge on any atom is -0.481 e. The van der Waals surface area contributed by atoms with E-state index >= 15 is 0 Å². The molecular formula is C13H22N4O3S. The van der Waals surface area contributed by atoms with Crippen molar-refractivity contribution in [2.45, 2.75) is 51.4 Å². The smallest absolute Gasteiger partial charge is 0.305 e. The molecule has 1 N–H and O–H groups in total. The number of aliphatic carboxylic acids is 1. The second-order valence-corrected chi connectivity index (χ2v) is 5.97. The molecule has 0 bridgehead atoms. The van der Waals surface area contributed by atoms with Crippen molar-refractivity contribution < 1.29 is 14.7 Å². The van der Waals surface area contributed by atoms with Crippen LogP contribution in [0, 0.1) is 0 Å². The molecule has 1 aromatic rings. The zero-order chi connectivity index (χ0) is 16.0. The van der Waals surface area contributed by atoms with Crippen LogP contribution in [0.2, 0.25) is 0 Å². The highest BCUT2D eigenvalue weighted by Gasteiger charge is 2.21. The zero-order valence-corrected chi connectivity index (χ0v) is 13.6. The molecular weight excluding hydrogens is 292 g/mol. The molecule has 118 valence electrons. The number of thioether (sulfide) groups is 1. The number of aromatic nitrogens is 3. The molecule has 1 aromatic heterocycles. The summed E-state index contributed by atoms with van der Waals surface area (Å²) < 4.78 is 1.90. The van der Waals surface area contributed by atoms with E-state index in [1.807, 2.05) is 25.3 Å². The molecule has 0 aliphatic heterocycles. The van der Waals surface area contributed by atoms with E-state index < -0.39 is 5.97 Å². The summed E-state index contributed by atoms with van der Waals surface area (Å²) in [5.74, 6) is -0.765. The van der Waals surface area contributed by atoms with Gasteiger partial charge in [-0.1, -0.05) is 11.8 Å². The Morgan fingerprint density at radius 2 is 2.10 bits per heavy atom. The van der Waals surface area contributed by atoms with Gasteiger partial charge in [0, 0.05) is 18.6 Å². The fraction of sp³-hybridized carbons (Fsp3) is 0.692. The van der Waals surface area contributed by atoms with Crippen LogP contribution >= 0.6 is 11.8 Å². The van der Waals surface area contributed by atoms with Crippen LogP contribution in [0.15, 0.2) is 11.5 Å². The molecule has 0 saturated heterocycles. The lowest BCUT2D eigenvalue weighted by atomic mass is 10.2. The predicted molar refractivity (Wildman–Crippen MR) is 80.2 cm³/mol. The molecule has 1 rings (SSSR count). The molecule has 21 heavy (non-hydrogen) atoms. The number of nitrogens with zero attached hydrogens (tertiary/aromatic N) is 4. The van der Waals surface area contributed by atoms with Gasteiger partial charge in [-0.3, -0.25) is 9.59 Å². The Morgan fingerprint density at radius 3 is 2.62 bits per heavy atom. The number of carboxylic acid groups (broad SMARTS) is 1. The Labute approximate surface area is 128 Å². The van der Waals surface area contributed by atoms with Gasteiger partial charge in [-0.05, 0) is 27.7 Å². The molecule has 1 atom stereocenters. The molecule has 8 heteroatoms. The number of hydrogen-bond donors (Lipinski definition) is 1. The molecule has 0 saturated carbocycles. The van der Waals surface area contributed by atoms with E-state index in [1.165, 1.54) is 11.8 Å². The first kappa shape index (κ1) is 17.5. The van der Waals surface area contributed by atoms with Crippen LogP contribution in [0.25, 0.3) is 0 Å². The molecule has 7 nitrogen and oxygen atoms in total. The molecule has 0 aliphatic carbocycles. The standard InChI is InChI=1S/C13H22N4O3S/c1-5-16(10(4)6-12(19)20)11(18)7-21-13-15-14-8-17(13)9(2)3/h8-10H,5-7H2,1-4H3,(H,19,20). The summed E-state index contributed by atoms with van der Waals surface area (Å²) in [4.78, 5) is 24.6. The SMILES string of the molecule is CCN(C(=O)CSc1nncn1C(C)C)C(C)CC(=O)O. The maximum absolute atomic E-state index is 12.2. The summed E-state index contributed by atoms with van der Waals surface area (Å²) in [5, 5.41) is 17.4. The van der Waals surface area contributed by atoms with Crippen LogP contribution < -0.4 is 0 Å². The lowest BCUT2D eigenvalue weighted by molar-refractivity contribution is -0.139. The van der Waals surface area contributed by atoms with Crippen molar-refractivity contribution in [2.75, 3.05) is 12.3 Å². The first-order chi connectivity index (χ1) is 9.86. The predicted octanol–water partition coefficient (Wildman–Crippen LogP) is 1.66. The van der Waals surface area contributed by atoms with Gasteiger partial charge in [0.1, 0.15) is 6.33 Å². The Kier molecular flexibility index (Phi) is 6.67. The minimum absolute atomic E-state index is 0.0492. The van der Waals surface area contributed by atoms with Crippen molar-refractivity contribution >= 4 is 23.6 Å². The van der Waals surface area contributed by atoms with Gasteiger partial charge in [0.25, 0.3) is 0 Å². The fourth-order valence-electron chi connectivity index (χ4n) is 2.00. The molecule has 1 heterocycles. The maximum atomic E-state index is 12.2. The lowest BCUT2D eigenvalue weighted by Gasteiger charge is -2.26. The van der Waals surface area contributed by atoms with Crippen molar-refractivity contribution in [1.29, 1.82) is 0 Å². The number of carbonyl (C=O) groups is 2. The molecule has 1 unspecified atom stereocenters. The monoisotopic (exact) mass is 314 g/mol. The Hall–Kier alpha value is -1.57. The van der Waals surface area contributed by atoms with Gasteiger partial charge in [0.2, 0.25) is 5.91 Å². The van der Waals surface area contributed by atoms with Crippen molar-refractivity contribution in [3.05, 3.63) is 6.33 Å². The summed E-state index contributed by atoms with van der Waals surface area (Å²) in [6.45, 7) is 8.12. The topological polar surface area (TPSA) is 88.3 Å². The van der Waals surface area contributed by atoms with Crippen molar-refractivity contribution in [3.8, 4) is 0 Å². The van der Waals surface area contributed by atoms with Gasteiger partial charge in [-0.25, -0.2) is 0 Å². The van der Waals surface area contributed by atoms with Gasteiger partial charge in [-0.2, -0.15) is 0 Å². The second-order valence-electron chi connectivity index (χ2n) is 5.03. The first-order valence-corrected chi connectivity index (χ1v) is 7.88. The van der Waals surface area contributed by atoms with Gasteiger partial charge in [-0.15, -0.1) is 10.2 Å². The van der Waals surface area contributed by atoms with Crippen LogP contribution in [0.1, 0.15) is 40.2 Å². The zero-order valence-electron chi connectivity index (χ0n) is 12.8. The van der Waals surface area contributed by atoms with Crippen molar-refractivity contribution in [2.24, 2.45) is 0 Å². The average Bonchev–Trinajstić information content (AvgIpc) is 2.84. The third-order valence-electron chi connectivity index (χ3n) is 3.08. The second kappa shape index (κ2) is 8.02. The number of carboxylic acids is 1. The molecule has 0 spiro atoms. The average molecular weight is 314 g/mol. The van der Waals surface area contributed by atoms with E-state index in [2.05, 4.69) is 10.2 Å². The van der Waals surface area contributed by atoms with Crippen LogP contribution in [0.4, 0.5) is 0 Å². The van der Waals surface area contributed by atoms with Crippen molar-refractivity contribution in [3.63, 3.8) is 0 Å². The van der Waals surface area contributed by atoms with E-state index in [9.17, 15) is 9.59 Å². The summed E-state index contributed by atoms with van der Waals surface area (Å²) in [5.41, 5.74) is 0. The summed E-state index contributed by atoms with van der Waals surface area (Å²) in [6, 6.07) is -0.0885. The number of hydrogen-bond acceptors (Lipinski definition) is 5. The quantitative estimate of drug-likeness (QED) is 0.734. The van der Waals surface area contributed by atoms with Crippen LogP contribution in [-0.4, -0.2) is 55.0 Å². The van der Waals surface area contributed by atoms with E-state index in [-0.39, 0.29) is 30.2 Å². The molecule has 0 aromatic carbocycles. The van der Waals surface area contributed by atoms with E-state index in [0.717, 1.165) is 0 Å². The van der Waals surface area contributed by atoms with E-state index in [4.69, 9.17) is 5.11 Å². The largest absolute Gasteiger partial charge is 0.481 e. The molecule has 1 amide bonds. The minimum atomic E-state index is -0.902. The van der Waals surface area contributed by atoms with Crippen molar-refractivity contribution in [1.82, 2.24) is 19.7 Å². The molecule has 0 fully saturated rings. The van der Waals surface area contributed by atoms with Gasteiger partial charge in [0.05, 0.1) is 12.2 Å². The summed E-state index contributed by atoms with van der Waals surface area (Å²) in [6.07, 6.45) is 1.59. The van der Waals surface area contributed by atoms with Gasteiger partial charge < -0.3 is 14.6 Å². The van der Waals surface area contributed by atoms with Gasteiger partial charge >= 0.3 is 5.97 Å². The third kappa shape index (κ3) is 5.04. The maximum Gasteiger partial charge on any atom is 0.305 e. The highest BCUT2D eigenvalue weighted by atomic mass is 32.2. The Bertz CT molecular complexity index is 490. The van der Waals surface area contributed by atoms with E-state index in [1.54, 1.807) is 18.2 Å². The normalized spacial score (nSPS) is 12.4. The number of amides is 1. The van der Waals surface area contributed by atoms with Gasteiger partial charge in [0.15, 0.2) is 5.16 Å². The Morgan fingerprint density at radius 1 is 1.43 bits per heavy atom. The summed E-state index contributed by atoms with van der Waals surface area (Å²) >= 11 is 1.32. The van der Waals surface area contributed by atoms with E-state index in [0.29, 0.717) is 11.7 Å². The number of rotatable bonds is 8.